The van der Waals surface area contributed by atoms with Crippen LogP contribution in [0.2, 0.25) is 0 Å². The van der Waals surface area contributed by atoms with Crippen molar-refractivity contribution in [2.75, 3.05) is 37.8 Å². The molecule has 1 saturated heterocycles. The molecule has 5 rings (SSSR count). The lowest BCUT2D eigenvalue weighted by molar-refractivity contribution is -0.161. The van der Waals surface area contributed by atoms with E-state index in [2.05, 4.69) is 31.1 Å². The van der Waals surface area contributed by atoms with Crippen molar-refractivity contribution in [3.05, 3.63) is 62.4 Å². The van der Waals surface area contributed by atoms with Gasteiger partial charge in [-0.05, 0) is 19.4 Å². The molecule has 11 N–H and O–H groups in total. The SMILES string of the molecule is CC(C)(O/N=C(\C(=O)N[C@@H]1C(=O)N2C(C(=O)O)=C(CN3C=C(NCCNC(=O)c4cc(=O)c(O)cn4O)C(N)=NC3)CSC12)c1csc(N)n1)C(=O)O. The van der Waals surface area contributed by atoms with E-state index in [9.17, 15) is 49.3 Å². The largest absolute Gasteiger partial charge is 0.503 e. The summed E-state index contributed by atoms with van der Waals surface area (Å²) in [5.41, 5.74) is 8.68. The predicted molar refractivity (Wildman–Crippen MR) is 187 cm³/mol. The number of aliphatic carboxylic acids is 2. The lowest BCUT2D eigenvalue weighted by atomic mass is 10.0. The average Bonchev–Trinajstić information content (AvgIpc) is 3.53. The van der Waals surface area contributed by atoms with E-state index in [0.29, 0.717) is 22.2 Å². The van der Waals surface area contributed by atoms with E-state index < -0.39 is 69.3 Å². The number of pyridine rings is 1. The van der Waals surface area contributed by atoms with Gasteiger partial charge in [0.25, 0.3) is 17.7 Å². The normalized spacial score (nSPS) is 18.7. The van der Waals surface area contributed by atoms with Crippen molar-refractivity contribution < 1.29 is 49.3 Å². The second kappa shape index (κ2) is 15.1. The number of thioether (sulfide) groups is 1. The monoisotopic (exact) mass is 775 g/mol. The minimum atomic E-state index is -1.81. The highest BCUT2D eigenvalue weighted by Gasteiger charge is 2.54. The van der Waals surface area contributed by atoms with Gasteiger partial charge in [0.15, 0.2) is 16.6 Å². The summed E-state index contributed by atoms with van der Waals surface area (Å²) in [5.74, 6) is -5.58. The van der Waals surface area contributed by atoms with Gasteiger partial charge >= 0.3 is 11.9 Å². The van der Waals surface area contributed by atoms with Crippen LogP contribution in [0.4, 0.5) is 5.13 Å². The number of rotatable bonds is 14. The third kappa shape index (κ3) is 8.12. The summed E-state index contributed by atoms with van der Waals surface area (Å²) in [6, 6.07) is -0.388. The summed E-state index contributed by atoms with van der Waals surface area (Å²) in [5, 5.41) is 51.1. The van der Waals surface area contributed by atoms with Gasteiger partial charge < -0.3 is 57.7 Å². The number of nitrogens with two attached hydrogens (primary N) is 2. The Hall–Kier alpha value is -6.30. The molecule has 5 heterocycles. The number of nitrogens with one attached hydrogen (secondary N) is 3. The zero-order chi connectivity index (χ0) is 38.8. The molecule has 1 fully saturated rings. The van der Waals surface area contributed by atoms with E-state index in [4.69, 9.17) is 16.3 Å². The van der Waals surface area contributed by atoms with Gasteiger partial charge in [0.1, 0.15) is 41.0 Å². The fourth-order valence-corrected chi connectivity index (χ4v) is 6.86. The first-order valence-corrected chi connectivity index (χ1v) is 17.3. The second-order valence-corrected chi connectivity index (χ2v) is 13.9. The number of hydrogen-bond donors (Lipinski definition) is 9. The molecule has 3 amide bonds. The minimum Gasteiger partial charge on any atom is -0.503 e. The molecule has 2 aromatic heterocycles. The first-order valence-electron chi connectivity index (χ1n) is 15.3. The Morgan fingerprint density at radius 1 is 1.17 bits per heavy atom. The molecule has 53 heavy (non-hydrogen) atoms. The van der Waals surface area contributed by atoms with Crippen LogP contribution in [0.5, 0.6) is 5.75 Å². The van der Waals surface area contributed by atoms with Gasteiger partial charge in [-0.15, -0.1) is 23.1 Å². The number of carbonyl (C=O) groups is 5. The van der Waals surface area contributed by atoms with Crippen LogP contribution in [0.25, 0.3) is 0 Å². The molecular formula is C29H33N11O11S2. The molecule has 0 bridgehead atoms. The molecule has 0 saturated carbocycles. The van der Waals surface area contributed by atoms with Gasteiger partial charge in [-0.2, -0.15) is 4.73 Å². The number of nitrogens with zero attached hydrogens (tertiary/aromatic N) is 6. The molecule has 0 aliphatic carbocycles. The maximum absolute atomic E-state index is 13.4. The highest BCUT2D eigenvalue weighted by molar-refractivity contribution is 8.00. The number of aliphatic imine (C=N–C) groups is 1. The molecule has 0 aromatic carbocycles. The number of amides is 3. The van der Waals surface area contributed by atoms with Crippen LogP contribution in [0.3, 0.4) is 0 Å². The van der Waals surface area contributed by atoms with Crippen molar-refractivity contribution in [1.82, 2.24) is 35.5 Å². The molecule has 282 valence electrons. The molecule has 1 unspecified atom stereocenters. The number of thiazole rings is 1. The van der Waals surface area contributed by atoms with E-state index in [1.165, 1.54) is 31.0 Å². The highest BCUT2D eigenvalue weighted by atomic mass is 32.2. The zero-order valence-corrected chi connectivity index (χ0v) is 29.4. The summed E-state index contributed by atoms with van der Waals surface area (Å²) < 4.78 is 0.316. The van der Waals surface area contributed by atoms with E-state index in [-0.39, 0.29) is 54.4 Å². The summed E-state index contributed by atoms with van der Waals surface area (Å²) in [7, 11) is 0. The second-order valence-electron chi connectivity index (χ2n) is 11.9. The Kier molecular flexibility index (Phi) is 10.8. The molecule has 0 radical (unpaired) electrons. The molecule has 2 atom stereocenters. The number of anilines is 1. The van der Waals surface area contributed by atoms with Crippen LogP contribution in [0.1, 0.15) is 30.0 Å². The molecule has 24 heteroatoms. The van der Waals surface area contributed by atoms with Crippen molar-refractivity contribution >= 4 is 69.4 Å². The number of β-lactam (4-membered cyclic amide) rings is 1. The van der Waals surface area contributed by atoms with Gasteiger partial charge in [0, 0.05) is 43.0 Å². The van der Waals surface area contributed by atoms with Crippen LogP contribution in [0.15, 0.2) is 55.8 Å². The van der Waals surface area contributed by atoms with Crippen molar-refractivity contribution in [2.45, 2.75) is 30.9 Å². The molecule has 3 aliphatic heterocycles. The molecule has 2 aromatic rings. The third-order valence-corrected chi connectivity index (χ3v) is 9.78. The van der Waals surface area contributed by atoms with Gasteiger partial charge in [-0.3, -0.25) is 24.1 Å². The number of amidine groups is 1. The Morgan fingerprint density at radius 3 is 2.57 bits per heavy atom. The average molecular weight is 776 g/mol. The quantitative estimate of drug-likeness (QED) is 0.0319. The van der Waals surface area contributed by atoms with Crippen LogP contribution < -0.4 is 32.8 Å². The van der Waals surface area contributed by atoms with Gasteiger partial charge in [-0.25, -0.2) is 19.6 Å². The van der Waals surface area contributed by atoms with Crippen molar-refractivity contribution in [1.29, 1.82) is 0 Å². The smallest absolute Gasteiger partial charge is 0.352 e. The highest BCUT2D eigenvalue weighted by Crippen LogP contribution is 2.40. The van der Waals surface area contributed by atoms with Crippen molar-refractivity contribution in [2.24, 2.45) is 15.9 Å². The summed E-state index contributed by atoms with van der Waals surface area (Å²) in [4.78, 5) is 90.8. The number of carboxylic acids is 2. The first-order chi connectivity index (χ1) is 25.0. The van der Waals surface area contributed by atoms with E-state index in [1.807, 2.05) is 0 Å². The number of fused-ring (bicyclic) bond motifs is 1. The van der Waals surface area contributed by atoms with E-state index in [1.54, 1.807) is 11.1 Å². The van der Waals surface area contributed by atoms with Crippen molar-refractivity contribution in [3.63, 3.8) is 0 Å². The number of oxime groups is 1. The van der Waals surface area contributed by atoms with Crippen LogP contribution in [-0.2, 0) is 24.0 Å². The van der Waals surface area contributed by atoms with Crippen molar-refractivity contribution in [3.8, 4) is 5.75 Å². The third-order valence-electron chi connectivity index (χ3n) is 7.77. The van der Waals surface area contributed by atoms with Gasteiger partial charge in [0.2, 0.25) is 11.0 Å². The molecule has 22 nitrogen and oxygen atoms in total. The fourth-order valence-electron chi connectivity index (χ4n) is 4.98. The van der Waals surface area contributed by atoms with E-state index in [0.717, 1.165) is 22.3 Å². The van der Waals surface area contributed by atoms with Crippen LogP contribution in [0, 0.1) is 0 Å². The first kappa shape index (κ1) is 37.9. The van der Waals surface area contributed by atoms with Crippen LogP contribution >= 0.6 is 23.1 Å². The Bertz CT molecular complexity index is 2060. The number of hydrogen-bond acceptors (Lipinski definition) is 18. The summed E-state index contributed by atoms with van der Waals surface area (Å²) in [6.07, 6.45) is 2.29. The number of carboxylic acid groups (broad SMARTS) is 2. The van der Waals surface area contributed by atoms with Gasteiger partial charge in [0.05, 0.1) is 11.9 Å². The number of nitrogen functional groups attached to an aromatic ring is 1. The summed E-state index contributed by atoms with van der Waals surface area (Å²) >= 11 is 2.20. The maximum Gasteiger partial charge on any atom is 0.352 e. The lowest BCUT2D eigenvalue weighted by Crippen LogP contribution is -2.71. The number of aromatic hydroxyl groups is 1. The number of carbonyl (C=O) groups excluding carboxylic acids is 3. The van der Waals surface area contributed by atoms with E-state index >= 15 is 0 Å². The zero-order valence-electron chi connectivity index (χ0n) is 27.8. The topological polar surface area (TPSA) is 330 Å². The fraction of sp³-hybridized carbons (Fsp3) is 0.345. The molecular weight excluding hydrogens is 743 g/mol. The summed E-state index contributed by atoms with van der Waals surface area (Å²) in [6.45, 7) is 2.66. The van der Waals surface area contributed by atoms with Crippen LogP contribution in [-0.4, -0.2) is 130 Å². The minimum absolute atomic E-state index is 0.0121. The molecule has 0 spiro atoms. The Balaban J connectivity index is 1.23. The lowest BCUT2D eigenvalue weighted by Gasteiger charge is -2.49. The Labute approximate surface area is 306 Å². The molecule has 3 aliphatic rings. The number of aromatic nitrogens is 2. The predicted octanol–water partition coefficient (Wildman–Crippen LogP) is -2.36. The van der Waals surface area contributed by atoms with Gasteiger partial charge in [-0.1, -0.05) is 5.16 Å². The maximum atomic E-state index is 13.4. The Morgan fingerprint density at radius 2 is 1.91 bits per heavy atom. The standard InChI is InChI=1S/C29H33N11O11S2/c1-29(2,27(48)49)51-37-18(14-10-53-28(31)35-14)23(44)36-19-24(45)40-20(26(46)47)12(9-52-25(19)40)6-38-7-13(21(30)34-11-38)32-3-4-33-22(43)15-5-16(41)17(42)8-39(15)50/h5,7-8,10,19,25,32,42,50H,3-4,6,9,11H2,1-2H3,(H2,30,34)(H2,31,35)(H,33,43)(H,36,44)(H,46,47)(H,48,49)/b37-18-/t19-,25?/m1/s1.